The van der Waals surface area contributed by atoms with Gasteiger partial charge in [-0.25, -0.2) is 0 Å². The van der Waals surface area contributed by atoms with Crippen LogP contribution in [0.1, 0.15) is 54.0 Å². The largest absolute Gasteiger partial charge is 0.493 e. The van der Waals surface area contributed by atoms with Gasteiger partial charge in [-0.05, 0) is 61.9 Å². The summed E-state index contributed by atoms with van der Waals surface area (Å²) in [5.74, 6) is -0.0602. The van der Waals surface area contributed by atoms with Gasteiger partial charge in [-0.2, -0.15) is 0 Å². The molecule has 2 aromatic carbocycles. The quantitative estimate of drug-likeness (QED) is 0.646. The molecule has 2 aliphatic rings. The SMILES string of the molecule is Cc1ccc(C(C)C)c(OCCCN2C(=O)C3(OCCO3)c3cc(C)cc(C)c32)c1. The molecule has 0 aromatic heterocycles. The highest BCUT2D eigenvalue weighted by Crippen LogP contribution is 2.47. The Morgan fingerprint density at radius 3 is 2.50 bits per heavy atom. The lowest BCUT2D eigenvalue weighted by Gasteiger charge is -2.22. The van der Waals surface area contributed by atoms with E-state index in [1.165, 1.54) is 11.1 Å². The summed E-state index contributed by atoms with van der Waals surface area (Å²) < 4.78 is 17.9. The average Bonchev–Trinajstić information content (AvgIpc) is 3.26. The van der Waals surface area contributed by atoms with Crippen molar-refractivity contribution in [2.24, 2.45) is 0 Å². The van der Waals surface area contributed by atoms with Crippen molar-refractivity contribution < 1.29 is 19.0 Å². The second-order valence-electron chi connectivity index (χ2n) is 8.65. The van der Waals surface area contributed by atoms with Crippen molar-refractivity contribution in [1.29, 1.82) is 0 Å². The fourth-order valence-corrected chi connectivity index (χ4v) is 4.52. The number of carbonyl (C=O) groups is 1. The molecule has 1 amide bonds. The van der Waals surface area contributed by atoms with Crippen molar-refractivity contribution in [3.05, 3.63) is 58.1 Å². The number of hydrogen-bond acceptors (Lipinski definition) is 4. The van der Waals surface area contributed by atoms with Gasteiger partial charge in [-0.15, -0.1) is 0 Å². The Hall–Kier alpha value is -2.37. The number of amides is 1. The van der Waals surface area contributed by atoms with Gasteiger partial charge in [-0.3, -0.25) is 4.79 Å². The van der Waals surface area contributed by atoms with Crippen molar-refractivity contribution in [1.82, 2.24) is 0 Å². The fourth-order valence-electron chi connectivity index (χ4n) is 4.52. The molecule has 1 spiro atoms. The molecule has 2 heterocycles. The van der Waals surface area contributed by atoms with E-state index in [2.05, 4.69) is 45.0 Å². The predicted molar refractivity (Wildman–Crippen MR) is 117 cm³/mol. The van der Waals surface area contributed by atoms with Gasteiger partial charge in [0.2, 0.25) is 0 Å². The summed E-state index contributed by atoms with van der Waals surface area (Å²) in [6.07, 6.45) is 0.722. The van der Waals surface area contributed by atoms with E-state index in [0.717, 1.165) is 34.5 Å². The Morgan fingerprint density at radius 2 is 1.80 bits per heavy atom. The van der Waals surface area contributed by atoms with Crippen LogP contribution in [0.4, 0.5) is 5.69 Å². The molecule has 4 rings (SSSR count). The third kappa shape index (κ3) is 3.50. The first-order valence-electron chi connectivity index (χ1n) is 10.8. The van der Waals surface area contributed by atoms with E-state index >= 15 is 0 Å². The third-order valence-corrected chi connectivity index (χ3v) is 5.86. The van der Waals surface area contributed by atoms with Crippen LogP contribution in [0.15, 0.2) is 30.3 Å². The van der Waals surface area contributed by atoms with Crippen molar-refractivity contribution >= 4 is 11.6 Å². The van der Waals surface area contributed by atoms with Crippen molar-refractivity contribution in [2.45, 2.75) is 52.7 Å². The molecule has 5 heteroatoms. The number of hydrogen-bond donors (Lipinski definition) is 0. The Labute approximate surface area is 178 Å². The summed E-state index contributed by atoms with van der Waals surface area (Å²) in [5, 5.41) is 0. The Balaban J connectivity index is 1.50. The molecule has 0 atom stereocenters. The van der Waals surface area contributed by atoms with Gasteiger partial charge in [0.05, 0.1) is 25.5 Å². The first-order valence-corrected chi connectivity index (χ1v) is 10.8. The number of aryl methyl sites for hydroxylation is 3. The number of ether oxygens (including phenoxy) is 3. The third-order valence-electron chi connectivity index (χ3n) is 5.86. The van der Waals surface area contributed by atoms with Gasteiger partial charge in [0.25, 0.3) is 11.7 Å². The van der Waals surface area contributed by atoms with Gasteiger partial charge >= 0.3 is 0 Å². The molecule has 0 bridgehead atoms. The first-order chi connectivity index (χ1) is 14.3. The van der Waals surface area contributed by atoms with Crippen LogP contribution < -0.4 is 9.64 Å². The molecule has 0 unspecified atom stereocenters. The Morgan fingerprint density at radius 1 is 1.07 bits per heavy atom. The molecular weight excluding hydrogens is 378 g/mol. The fraction of sp³-hybridized carbons (Fsp3) is 0.480. The first kappa shape index (κ1) is 20.9. The maximum atomic E-state index is 13.3. The van der Waals surface area contributed by atoms with E-state index in [9.17, 15) is 4.79 Å². The monoisotopic (exact) mass is 409 g/mol. The lowest BCUT2D eigenvalue weighted by atomic mass is 10.0. The van der Waals surface area contributed by atoms with Gasteiger partial charge in [0.1, 0.15) is 5.75 Å². The predicted octanol–water partition coefficient (Wildman–Crippen LogP) is 4.75. The lowest BCUT2D eigenvalue weighted by molar-refractivity contribution is -0.180. The van der Waals surface area contributed by atoms with Crippen LogP contribution >= 0.6 is 0 Å². The zero-order valence-electron chi connectivity index (χ0n) is 18.6. The number of anilines is 1. The van der Waals surface area contributed by atoms with Crippen molar-refractivity contribution in [2.75, 3.05) is 31.3 Å². The van der Waals surface area contributed by atoms with E-state index in [1.54, 1.807) is 0 Å². The average molecular weight is 410 g/mol. The summed E-state index contributed by atoms with van der Waals surface area (Å²) in [6, 6.07) is 10.5. The van der Waals surface area contributed by atoms with Crippen molar-refractivity contribution in [3.63, 3.8) is 0 Å². The van der Waals surface area contributed by atoms with Crippen LogP contribution in [-0.4, -0.2) is 32.3 Å². The number of nitrogens with zero attached hydrogens (tertiary/aromatic N) is 1. The minimum Gasteiger partial charge on any atom is -0.493 e. The van der Waals surface area contributed by atoms with Crippen LogP contribution in [0.3, 0.4) is 0 Å². The number of benzene rings is 2. The number of rotatable bonds is 6. The van der Waals surface area contributed by atoms with Crippen LogP contribution in [0.5, 0.6) is 5.75 Å². The molecule has 0 radical (unpaired) electrons. The molecular formula is C25H31NO4. The zero-order valence-corrected chi connectivity index (χ0v) is 18.6. The van der Waals surface area contributed by atoms with E-state index in [0.29, 0.717) is 32.3 Å². The van der Waals surface area contributed by atoms with Crippen LogP contribution in [-0.2, 0) is 20.1 Å². The number of carbonyl (C=O) groups excluding carboxylic acids is 1. The second kappa shape index (κ2) is 8.05. The molecule has 0 aliphatic carbocycles. The molecule has 0 N–H and O–H groups in total. The molecule has 160 valence electrons. The van der Waals surface area contributed by atoms with E-state index in [1.807, 2.05) is 24.8 Å². The minimum absolute atomic E-state index is 0.123. The summed E-state index contributed by atoms with van der Waals surface area (Å²) in [5.41, 5.74) is 6.32. The van der Waals surface area contributed by atoms with Crippen LogP contribution in [0, 0.1) is 20.8 Å². The van der Waals surface area contributed by atoms with E-state index in [-0.39, 0.29) is 5.91 Å². The van der Waals surface area contributed by atoms with E-state index < -0.39 is 5.79 Å². The smallest absolute Gasteiger partial charge is 0.292 e. The molecule has 30 heavy (non-hydrogen) atoms. The normalized spacial score (nSPS) is 17.3. The Kier molecular flexibility index (Phi) is 5.60. The molecule has 2 aromatic rings. The highest BCUT2D eigenvalue weighted by molar-refractivity contribution is 6.07. The molecule has 1 fully saturated rings. The Bertz CT molecular complexity index is 960. The van der Waals surface area contributed by atoms with Gasteiger partial charge in [-0.1, -0.05) is 37.6 Å². The van der Waals surface area contributed by atoms with Crippen LogP contribution in [0.2, 0.25) is 0 Å². The summed E-state index contributed by atoms with van der Waals surface area (Å²) in [6.45, 7) is 12.5. The minimum atomic E-state index is -1.27. The second-order valence-corrected chi connectivity index (χ2v) is 8.65. The van der Waals surface area contributed by atoms with E-state index in [4.69, 9.17) is 14.2 Å². The number of fused-ring (bicyclic) bond motifs is 2. The van der Waals surface area contributed by atoms with Gasteiger partial charge < -0.3 is 19.1 Å². The topological polar surface area (TPSA) is 48.0 Å². The highest BCUT2D eigenvalue weighted by atomic mass is 16.7. The van der Waals surface area contributed by atoms with Gasteiger partial charge in [0, 0.05) is 12.1 Å². The van der Waals surface area contributed by atoms with Crippen molar-refractivity contribution in [3.8, 4) is 5.75 Å². The summed E-state index contributed by atoms with van der Waals surface area (Å²) in [4.78, 5) is 15.2. The van der Waals surface area contributed by atoms with Crippen LogP contribution in [0.25, 0.3) is 0 Å². The molecule has 5 nitrogen and oxygen atoms in total. The maximum absolute atomic E-state index is 13.3. The lowest BCUT2D eigenvalue weighted by Crippen LogP contribution is -2.41. The molecule has 2 aliphatic heterocycles. The molecule has 1 saturated heterocycles. The highest BCUT2D eigenvalue weighted by Gasteiger charge is 2.56. The summed E-state index contributed by atoms with van der Waals surface area (Å²) >= 11 is 0. The molecule has 0 saturated carbocycles. The summed E-state index contributed by atoms with van der Waals surface area (Å²) in [7, 11) is 0. The maximum Gasteiger partial charge on any atom is 0.292 e. The zero-order chi connectivity index (χ0) is 21.5. The standard InChI is InChI=1S/C25H31NO4/c1-16(2)20-8-7-17(3)15-22(20)28-10-6-9-26-23-19(5)13-18(4)14-21(23)25(24(26)27)29-11-12-30-25/h7-8,13-16H,6,9-12H2,1-5H3. The van der Waals surface area contributed by atoms with Gasteiger partial charge in [0.15, 0.2) is 0 Å².